The van der Waals surface area contributed by atoms with Gasteiger partial charge in [0, 0.05) is 16.5 Å². The average Bonchev–Trinajstić information content (AvgIpc) is 2.98. The second-order valence-electron chi connectivity index (χ2n) is 7.74. The van der Waals surface area contributed by atoms with Crippen LogP contribution in [0.15, 0.2) is 39.9 Å². The molecule has 4 rings (SSSR count). The van der Waals surface area contributed by atoms with Crippen LogP contribution in [-0.2, 0) is 4.79 Å². The lowest BCUT2D eigenvalue weighted by atomic mass is 9.90. The van der Waals surface area contributed by atoms with E-state index in [1.807, 2.05) is 37.3 Å². The molecule has 1 N–H and O–H groups in total. The normalized spacial score (nSPS) is 27.3. The third kappa shape index (κ3) is 3.07. The van der Waals surface area contributed by atoms with Gasteiger partial charge in [0.15, 0.2) is 0 Å². The number of benzene rings is 1. The van der Waals surface area contributed by atoms with E-state index < -0.39 is 0 Å². The Hall–Kier alpha value is -2.07. The summed E-state index contributed by atoms with van der Waals surface area (Å²) >= 11 is 6.17. The molecule has 136 valence electrons. The van der Waals surface area contributed by atoms with Crippen LogP contribution in [-0.4, -0.2) is 12.1 Å². The second kappa shape index (κ2) is 6.58. The van der Waals surface area contributed by atoms with E-state index in [9.17, 15) is 4.79 Å². The maximum Gasteiger partial charge on any atom is 0.244 e. The van der Waals surface area contributed by atoms with Crippen molar-refractivity contribution in [1.29, 1.82) is 0 Å². The summed E-state index contributed by atoms with van der Waals surface area (Å²) in [5.41, 5.74) is 4.83. The average molecular weight is 371 g/mol. The zero-order valence-electron chi connectivity index (χ0n) is 15.1. The zero-order chi connectivity index (χ0) is 18.3. The highest BCUT2D eigenvalue weighted by Crippen LogP contribution is 2.66. The molecule has 1 aromatic heterocycles. The summed E-state index contributed by atoms with van der Waals surface area (Å²) in [6, 6.07) is 9.52. The molecule has 2 saturated carbocycles. The van der Waals surface area contributed by atoms with Gasteiger partial charge in [0.1, 0.15) is 11.5 Å². The molecular formula is C21H23ClN2O2. The van der Waals surface area contributed by atoms with Crippen molar-refractivity contribution in [3.63, 3.8) is 0 Å². The number of nitrogens with one attached hydrogen (secondary N) is 1. The molecule has 0 spiro atoms. The summed E-state index contributed by atoms with van der Waals surface area (Å²) in [6.45, 7) is 4.20. The molecule has 1 aromatic carbocycles. The Balaban J connectivity index is 1.38. The number of amides is 1. The van der Waals surface area contributed by atoms with Crippen LogP contribution >= 0.6 is 11.6 Å². The molecule has 2 fully saturated rings. The van der Waals surface area contributed by atoms with E-state index in [-0.39, 0.29) is 17.2 Å². The van der Waals surface area contributed by atoms with Crippen molar-refractivity contribution in [2.24, 2.45) is 22.4 Å². The molecular weight excluding hydrogens is 348 g/mol. The van der Waals surface area contributed by atoms with Gasteiger partial charge in [-0.3, -0.25) is 4.79 Å². The summed E-state index contributed by atoms with van der Waals surface area (Å²) in [4.78, 5) is 12.4. The van der Waals surface area contributed by atoms with E-state index in [1.165, 1.54) is 19.3 Å². The van der Waals surface area contributed by atoms with Gasteiger partial charge in [-0.05, 0) is 54.9 Å². The Labute approximate surface area is 158 Å². The molecule has 0 saturated heterocycles. The van der Waals surface area contributed by atoms with Crippen LogP contribution in [0.25, 0.3) is 11.3 Å². The number of hydrogen-bond acceptors (Lipinski definition) is 3. The van der Waals surface area contributed by atoms with E-state index in [0.29, 0.717) is 16.7 Å². The largest absolute Gasteiger partial charge is 0.455 e. The third-order valence-corrected chi connectivity index (χ3v) is 6.47. The van der Waals surface area contributed by atoms with Gasteiger partial charge in [-0.1, -0.05) is 43.5 Å². The van der Waals surface area contributed by atoms with Gasteiger partial charge in [0.2, 0.25) is 5.91 Å². The Morgan fingerprint density at radius 1 is 1.35 bits per heavy atom. The lowest BCUT2D eigenvalue weighted by Crippen LogP contribution is -2.22. The van der Waals surface area contributed by atoms with Gasteiger partial charge >= 0.3 is 0 Å². The highest BCUT2D eigenvalue weighted by atomic mass is 35.5. The molecule has 4 nitrogen and oxygen atoms in total. The van der Waals surface area contributed by atoms with E-state index in [4.69, 9.17) is 16.0 Å². The number of hydrazone groups is 1. The zero-order valence-corrected chi connectivity index (χ0v) is 15.8. The van der Waals surface area contributed by atoms with E-state index in [0.717, 1.165) is 23.3 Å². The van der Waals surface area contributed by atoms with Crippen LogP contribution in [0.3, 0.4) is 0 Å². The summed E-state index contributed by atoms with van der Waals surface area (Å²) in [5, 5.41) is 4.80. The maximum atomic E-state index is 12.4. The fraction of sp³-hybridized carbons (Fsp3) is 0.429. The van der Waals surface area contributed by atoms with Crippen molar-refractivity contribution in [2.75, 3.05) is 0 Å². The predicted octanol–water partition coefficient (Wildman–Crippen LogP) is 5.18. The molecule has 5 heteroatoms. The second-order valence-corrected chi connectivity index (χ2v) is 8.14. The van der Waals surface area contributed by atoms with Crippen molar-refractivity contribution in [2.45, 2.75) is 39.5 Å². The smallest absolute Gasteiger partial charge is 0.244 e. The highest BCUT2D eigenvalue weighted by Gasteiger charge is 2.64. The van der Waals surface area contributed by atoms with Crippen LogP contribution < -0.4 is 5.43 Å². The summed E-state index contributed by atoms with van der Waals surface area (Å²) in [7, 11) is 0. The van der Waals surface area contributed by atoms with Crippen molar-refractivity contribution >= 4 is 23.7 Å². The van der Waals surface area contributed by atoms with Gasteiger partial charge in [-0.2, -0.15) is 5.10 Å². The lowest BCUT2D eigenvalue weighted by Gasteiger charge is -2.15. The molecule has 1 heterocycles. The summed E-state index contributed by atoms with van der Waals surface area (Å²) in [5.74, 6) is 2.00. The monoisotopic (exact) mass is 370 g/mol. The van der Waals surface area contributed by atoms with Crippen molar-refractivity contribution in [3.05, 3.63) is 46.7 Å². The van der Waals surface area contributed by atoms with Gasteiger partial charge < -0.3 is 4.42 Å². The lowest BCUT2D eigenvalue weighted by molar-refractivity contribution is -0.123. The number of rotatable bonds is 4. The fourth-order valence-corrected chi connectivity index (χ4v) is 4.58. The van der Waals surface area contributed by atoms with E-state index >= 15 is 0 Å². The molecule has 3 atom stereocenters. The van der Waals surface area contributed by atoms with E-state index in [1.54, 1.807) is 6.21 Å². The topological polar surface area (TPSA) is 54.6 Å². The molecule has 2 aliphatic carbocycles. The third-order valence-electron chi connectivity index (χ3n) is 6.06. The van der Waals surface area contributed by atoms with Crippen LogP contribution in [0.4, 0.5) is 0 Å². The van der Waals surface area contributed by atoms with Gasteiger partial charge in [0.05, 0.1) is 6.21 Å². The number of hydrogen-bond donors (Lipinski definition) is 1. The number of carbonyl (C=O) groups excluding carboxylic acids is 1. The fourth-order valence-electron chi connectivity index (χ4n) is 4.40. The number of furan rings is 1. The minimum Gasteiger partial charge on any atom is -0.455 e. The number of aryl methyl sites for hydroxylation is 1. The van der Waals surface area contributed by atoms with Crippen LogP contribution in [0, 0.1) is 24.2 Å². The summed E-state index contributed by atoms with van der Waals surface area (Å²) < 4.78 is 5.78. The van der Waals surface area contributed by atoms with E-state index in [2.05, 4.69) is 17.5 Å². The molecule has 0 radical (unpaired) electrons. The number of fused-ring (bicyclic) bond motifs is 1. The minimum absolute atomic E-state index is 0.0349. The molecule has 0 aliphatic heterocycles. The van der Waals surface area contributed by atoms with Gasteiger partial charge in [0.25, 0.3) is 0 Å². The molecule has 1 amide bonds. The van der Waals surface area contributed by atoms with Crippen molar-refractivity contribution < 1.29 is 9.21 Å². The maximum absolute atomic E-state index is 12.4. The Morgan fingerprint density at radius 3 is 2.92 bits per heavy atom. The van der Waals surface area contributed by atoms with Crippen molar-refractivity contribution in [3.8, 4) is 11.3 Å². The van der Waals surface area contributed by atoms with Gasteiger partial charge in [-0.25, -0.2) is 5.43 Å². The Bertz CT molecular complexity index is 873. The Kier molecular flexibility index (Phi) is 4.39. The van der Waals surface area contributed by atoms with Gasteiger partial charge in [-0.15, -0.1) is 0 Å². The first-order chi connectivity index (χ1) is 12.5. The molecule has 2 aliphatic rings. The highest BCUT2D eigenvalue weighted by molar-refractivity contribution is 6.31. The minimum atomic E-state index is 0.0349. The first-order valence-corrected chi connectivity index (χ1v) is 9.56. The molecule has 2 aromatic rings. The number of carbonyl (C=O) groups is 1. The molecule has 26 heavy (non-hydrogen) atoms. The van der Waals surface area contributed by atoms with Crippen LogP contribution in [0.5, 0.6) is 0 Å². The van der Waals surface area contributed by atoms with Crippen molar-refractivity contribution in [1.82, 2.24) is 5.43 Å². The SMILES string of the molecule is Cc1ccc(-c2ccc(/C=N\NC(=O)[C@@H]3[C@@H]4CCCC[C@@]34C)o2)cc1Cl. The van der Waals surface area contributed by atoms with Crippen LogP contribution in [0.2, 0.25) is 5.02 Å². The quantitative estimate of drug-likeness (QED) is 0.595. The number of halogens is 1. The summed E-state index contributed by atoms with van der Waals surface area (Å²) in [6.07, 6.45) is 6.34. The first-order valence-electron chi connectivity index (χ1n) is 9.18. The van der Waals surface area contributed by atoms with Crippen LogP contribution in [0.1, 0.15) is 43.9 Å². The number of nitrogens with zero attached hydrogens (tertiary/aromatic N) is 1. The Morgan fingerprint density at radius 2 is 2.19 bits per heavy atom. The molecule has 0 bridgehead atoms. The standard InChI is InChI=1S/C21H23ClN2O2/c1-13-6-7-14(11-17(13)22)18-9-8-15(26-18)12-23-24-20(25)19-16-5-3-4-10-21(16,19)2/h6-9,11-12,16,19H,3-5,10H2,1-2H3,(H,24,25)/b23-12-/t16-,19-,21+/m0/s1. The first kappa shape index (κ1) is 17.3. The molecule has 0 unspecified atom stereocenters. The predicted molar refractivity (Wildman–Crippen MR) is 103 cm³/mol.